The molecule has 0 spiro atoms. The number of carbonyl (C=O) groups is 3. The number of cyclic esters (lactones) is 1. The Bertz CT molecular complexity index is 1940. The first-order chi connectivity index (χ1) is 24.5. The number of nitrogens with one attached hydrogen (secondary N) is 2. The van der Waals surface area contributed by atoms with Crippen LogP contribution in [0.2, 0.25) is 0 Å². The molecule has 3 atom stereocenters. The molecule has 0 saturated carbocycles. The van der Waals surface area contributed by atoms with E-state index in [4.69, 9.17) is 20.2 Å². The van der Waals surface area contributed by atoms with Gasteiger partial charge in [-0.3, -0.25) is 9.59 Å². The molecule has 15 heteroatoms. The molecule has 4 heterocycles. The second-order valence-electron chi connectivity index (χ2n) is 13.3. The number of nitrogens with two attached hydrogens (primary N) is 1. The van der Waals surface area contributed by atoms with E-state index in [1.807, 2.05) is 6.92 Å². The van der Waals surface area contributed by atoms with Crippen LogP contribution in [-0.2, 0) is 44.2 Å². The standard InChI is InChI=1S/C36H44FN5O7S2/c1-4-36(47)24-14-28-32-22(16-42(28)33(44)23(24)18-48-34(36)45)31-26(10-9-21-20(3)25(37)15-27(40-32)30(21)31)41-35(46)49-17-19(2)51-50-13-7-8-29(43)39-12-6-5-11-38/h14-15,19,26,47H,4-13,16-18,38H2,1-3H3,(H,39,43)(H,41,46)/t19?,26-,36-/m0/s1. The van der Waals surface area contributed by atoms with E-state index < -0.39 is 35.1 Å². The number of aliphatic hydroxyl groups is 1. The summed E-state index contributed by atoms with van der Waals surface area (Å²) >= 11 is 0. The van der Waals surface area contributed by atoms with E-state index in [9.17, 15) is 24.3 Å². The van der Waals surface area contributed by atoms with Crippen molar-refractivity contribution in [3.8, 4) is 11.4 Å². The molecule has 0 saturated heterocycles. The third kappa shape index (κ3) is 7.22. The molecule has 2 amide bonds. The van der Waals surface area contributed by atoms with Gasteiger partial charge in [-0.15, -0.1) is 0 Å². The molecule has 1 aliphatic carbocycles. The van der Waals surface area contributed by atoms with Crippen molar-refractivity contribution in [2.75, 3.05) is 25.4 Å². The Morgan fingerprint density at radius 3 is 2.80 bits per heavy atom. The van der Waals surface area contributed by atoms with Crippen molar-refractivity contribution in [1.29, 1.82) is 0 Å². The summed E-state index contributed by atoms with van der Waals surface area (Å²) in [4.78, 5) is 56.5. The van der Waals surface area contributed by atoms with Crippen molar-refractivity contribution >= 4 is 50.5 Å². The number of aryl methyl sites for hydroxylation is 1. The summed E-state index contributed by atoms with van der Waals surface area (Å²) in [6.07, 6.45) is 3.40. The van der Waals surface area contributed by atoms with Crippen LogP contribution >= 0.6 is 21.6 Å². The van der Waals surface area contributed by atoms with Crippen LogP contribution < -0.4 is 21.9 Å². The summed E-state index contributed by atoms with van der Waals surface area (Å²) in [5.74, 6) is -0.375. The number of aromatic nitrogens is 2. The maximum absolute atomic E-state index is 15.2. The minimum atomic E-state index is -1.98. The lowest BCUT2D eigenvalue weighted by Gasteiger charge is -2.31. The molecule has 1 unspecified atom stereocenters. The van der Waals surface area contributed by atoms with Gasteiger partial charge in [-0.25, -0.2) is 19.0 Å². The zero-order chi connectivity index (χ0) is 36.4. The van der Waals surface area contributed by atoms with Gasteiger partial charge >= 0.3 is 12.1 Å². The number of carbonyl (C=O) groups excluding carboxylic acids is 3. The molecule has 0 fully saturated rings. The molecule has 2 aromatic heterocycles. The topological polar surface area (TPSA) is 175 Å². The van der Waals surface area contributed by atoms with Crippen LogP contribution in [0.15, 0.2) is 16.9 Å². The molecule has 12 nitrogen and oxygen atoms in total. The molecular formula is C36H44FN5O7S2. The van der Waals surface area contributed by atoms with Gasteiger partial charge in [0.2, 0.25) is 5.91 Å². The highest BCUT2D eigenvalue weighted by Crippen LogP contribution is 2.46. The largest absolute Gasteiger partial charge is 0.458 e. The van der Waals surface area contributed by atoms with Crippen molar-refractivity contribution in [3.05, 3.63) is 61.7 Å². The molecule has 3 aliphatic rings. The number of ether oxygens (including phenoxy) is 2. The summed E-state index contributed by atoms with van der Waals surface area (Å²) in [6.45, 7) is 6.68. The molecule has 5 N–H and O–H groups in total. The maximum Gasteiger partial charge on any atom is 0.407 e. The highest BCUT2D eigenvalue weighted by Gasteiger charge is 2.46. The third-order valence-corrected chi connectivity index (χ3v) is 12.9. The van der Waals surface area contributed by atoms with Crippen LogP contribution in [0.3, 0.4) is 0 Å². The van der Waals surface area contributed by atoms with Gasteiger partial charge in [0.05, 0.1) is 35.1 Å². The molecule has 0 radical (unpaired) electrons. The number of benzene rings is 1. The highest BCUT2D eigenvalue weighted by atomic mass is 33.1. The first-order valence-electron chi connectivity index (χ1n) is 17.5. The van der Waals surface area contributed by atoms with Gasteiger partial charge in [0, 0.05) is 46.5 Å². The Kier molecular flexibility index (Phi) is 11.3. The maximum atomic E-state index is 15.2. The molecule has 2 aliphatic heterocycles. The number of rotatable bonds is 14. The van der Waals surface area contributed by atoms with E-state index in [2.05, 4.69) is 10.6 Å². The first kappa shape index (κ1) is 37.1. The number of hydrogen-bond acceptors (Lipinski definition) is 11. The molecular weight excluding hydrogens is 698 g/mol. The summed E-state index contributed by atoms with van der Waals surface area (Å²) in [7, 11) is 3.23. The van der Waals surface area contributed by atoms with Gasteiger partial charge in [0.25, 0.3) is 5.56 Å². The van der Waals surface area contributed by atoms with E-state index in [1.54, 1.807) is 46.1 Å². The van der Waals surface area contributed by atoms with Gasteiger partial charge in [0.15, 0.2) is 5.60 Å². The molecule has 3 aromatic rings. The van der Waals surface area contributed by atoms with Gasteiger partial charge in [0.1, 0.15) is 19.0 Å². The zero-order valence-corrected chi connectivity index (χ0v) is 30.7. The van der Waals surface area contributed by atoms with Crippen LogP contribution in [-0.4, -0.2) is 63.3 Å². The van der Waals surface area contributed by atoms with Crippen molar-refractivity contribution in [3.63, 3.8) is 0 Å². The summed E-state index contributed by atoms with van der Waals surface area (Å²) < 4.78 is 27.6. The van der Waals surface area contributed by atoms with Crippen LogP contribution in [0.4, 0.5) is 9.18 Å². The number of hydrogen-bond donors (Lipinski definition) is 4. The van der Waals surface area contributed by atoms with Crippen LogP contribution in [0.25, 0.3) is 22.3 Å². The Labute approximate surface area is 303 Å². The molecule has 1 aromatic carbocycles. The Hall–Kier alpha value is -3.66. The quantitative estimate of drug-likeness (QED) is 0.0805. The first-order valence-corrected chi connectivity index (χ1v) is 19.9. The molecule has 6 rings (SSSR count). The summed E-state index contributed by atoms with van der Waals surface area (Å²) in [6, 6.07) is 2.51. The summed E-state index contributed by atoms with van der Waals surface area (Å²) in [5.41, 5.74) is 7.57. The monoisotopic (exact) mass is 741 g/mol. The van der Waals surface area contributed by atoms with Crippen molar-refractivity contribution in [2.24, 2.45) is 5.73 Å². The van der Waals surface area contributed by atoms with E-state index in [1.165, 1.54) is 6.07 Å². The predicted molar refractivity (Wildman–Crippen MR) is 195 cm³/mol. The SMILES string of the molecule is CC[C@@]1(O)C(=O)OCc2c1cc1n(c2=O)Cc2c-1nc1cc(F)c(C)c3c1c2[C@@H](NC(=O)OCC(C)SSCCCC(=O)NCCCCN)CC3. The van der Waals surface area contributed by atoms with E-state index in [0.717, 1.165) is 47.1 Å². The average molecular weight is 742 g/mol. The van der Waals surface area contributed by atoms with E-state index in [0.29, 0.717) is 54.8 Å². The normalized spacial score (nSPS) is 19.2. The number of amides is 2. The number of nitrogens with zero attached hydrogens (tertiary/aromatic N) is 2. The fraction of sp³-hybridized carbons (Fsp3) is 0.528. The van der Waals surface area contributed by atoms with Crippen molar-refractivity contribution in [2.45, 2.75) is 95.8 Å². The lowest BCUT2D eigenvalue weighted by atomic mass is 9.81. The van der Waals surface area contributed by atoms with Crippen molar-refractivity contribution < 1.29 is 33.4 Å². The van der Waals surface area contributed by atoms with Gasteiger partial charge in [-0.05, 0) is 81.7 Å². The average Bonchev–Trinajstić information content (AvgIpc) is 3.48. The smallest absolute Gasteiger partial charge is 0.407 e. The predicted octanol–water partition coefficient (Wildman–Crippen LogP) is 4.65. The minimum absolute atomic E-state index is 0.00505. The van der Waals surface area contributed by atoms with Gasteiger partial charge < -0.3 is 35.5 Å². The van der Waals surface area contributed by atoms with Crippen LogP contribution in [0, 0.1) is 12.7 Å². The fourth-order valence-corrected chi connectivity index (χ4v) is 9.37. The molecule has 51 heavy (non-hydrogen) atoms. The number of unbranched alkanes of at least 4 members (excludes halogenated alkanes) is 1. The van der Waals surface area contributed by atoms with Gasteiger partial charge in [-0.2, -0.15) is 0 Å². The minimum Gasteiger partial charge on any atom is -0.458 e. The lowest BCUT2D eigenvalue weighted by molar-refractivity contribution is -0.172. The number of fused-ring (bicyclic) bond motifs is 5. The molecule has 274 valence electrons. The zero-order valence-electron chi connectivity index (χ0n) is 29.1. The fourth-order valence-electron chi connectivity index (χ4n) is 7.15. The number of esters is 1. The van der Waals surface area contributed by atoms with Crippen molar-refractivity contribution in [1.82, 2.24) is 20.2 Å². The number of halogens is 1. The second-order valence-corrected chi connectivity index (χ2v) is 16.2. The number of pyridine rings is 2. The van der Waals surface area contributed by atoms with Crippen LogP contribution in [0.5, 0.6) is 0 Å². The van der Waals surface area contributed by atoms with E-state index >= 15 is 4.39 Å². The highest BCUT2D eigenvalue weighted by molar-refractivity contribution is 8.76. The lowest BCUT2D eigenvalue weighted by Crippen LogP contribution is -2.44. The Balaban J connectivity index is 1.17. The third-order valence-electron chi connectivity index (χ3n) is 9.94. The second kappa shape index (κ2) is 15.5. The Morgan fingerprint density at radius 2 is 2.04 bits per heavy atom. The van der Waals surface area contributed by atoms with Crippen LogP contribution in [0.1, 0.15) is 91.8 Å². The Morgan fingerprint density at radius 1 is 1.24 bits per heavy atom. The summed E-state index contributed by atoms with van der Waals surface area (Å²) in [5, 5.41) is 18.0. The van der Waals surface area contributed by atoms with Gasteiger partial charge in [-0.1, -0.05) is 28.5 Å². The van der Waals surface area contributed by atoms with E-state index in [-0.39, 0.29) is 48.5 Å². The number of alkyl carbamates (subject to hydrolysis) is 1. The molecule has 0 bridgehead atoms.